The summed E-state index contributed by atoms with van der Waals surface area (Å²) in [7, 11) is 1.78. The molecule has 20 heavy (non-hydrogen) atoms. The van der Waals surface area contributed by atoms with E-state index >= 15 is 0 Å². The van der Waals surface area contributed by atoms with Crippen molar-refractivity contribution in [3.63, 3.8) is 0 Å². The maximum Gasteiger partial charge on any atom is 0.0481 e. The van der Waals surface area contributed by atoms with Crippen LogP contribution in [-0.4, -0.2) is 32.8 Å². The van der Waals surface area contributed by atoms with Gasteiger partial charge in [0.25, 0.3) is 0 Å². The van der Waals surface area contributed by atoms with Crippen LogP contribution in [-0.2, 0) is 4.74 Å². The molecule has 2 unspecified atom stereocenters. The van der Waals surface area contributed by atoms with Crippen LogP contribution >= 0.6 is 0 Å². The Morgan fingerprint density at radius 1 is 1.40 bits per heavy atom. The zero-order valence-electron chi connectivity index (χ0n) is 13.1. The van der Waals surface area contributed by atoms with Crippen LogP contribution < -0.4 is 10.2 Å². The summed E-state index contributed by atoms with van der Waals surface area (Å²) in [5.41, 5.74) is 2.86. The largest absolute Gasteiger partial charge is 0.385 e. The summed E-state index contributed by atoms with van der Waals surface area (Å²) < 4.78 is 5.24. The van der Waals surface area contributed by atoms with Crippen LogP contribution in [0.4, 0.5) is 5.69 Å². The van der Waals surface area contributed by atoms with E-state index in [2.05, 4.69) is 48.3 Å². The number of rotatable bonds is 6. The van der Waals surface area contributed by atoms with Crippen LogP contribution in [0.1, 0.15) is 44.7 Å². The minimum atomic E-state index is 0.496. The van der Waals surface area contributed by atoms with Gasteiger partial charge in [0.15, 0.2) is 0 Å². The van der Waals surface area contributed by atoms with Gasteiger partial charge in [-0.25, -0.2) is 0 Å². The Hall–Kier alpha value is -1.06. The number of para-hydroxylation sites is 1. The Bertz CT molecular complexity index is 408. The Morgan fingerprint density at radius 2 is 2.20 bits per heavy atom. The molecule has 1 aromatic rings. The SMILES string of the molecule is CCNC1CCCN(C(C)CCOC)c2ccccc21. The van der Waals surface area contributed by atoms with E-state index in [1.165, 1.54) is 24.1 Å². The Labute approximate surface area is 123 Å². The zero-order valence-corrected chi connectivity index (χ0v) is 13.1. The van der Waals surface area contributed by atoms with Crippen LogP contribution in [0.15, 0.2) is 24.3 Å². The van der Waals surface area contributed by atoms with Crippen LogP contribution in [0.3, 0.4) is 0 Å². The van der Waals surface area contributed by atoms with E-state index in [4.69, 9.17) is 4.74 Å². The quantitative estimate of drug-likeness (QED) is 0.862. The molecule has 3 heteroatoms. The number of ether oxygens (including phenoxy) is 1. The second-order valence-electron chi connectivity index (χ2n) is 5.64. The van der Waals surface area contributed by atoms with Crippen molar-refractivity contribution in [2.45, 2.75) is 45.2 Å². The molecule has 0 radical (unpaired) electrons. The van der Waals surface area contributed by atoms with Crippen LogP contribution in [0.25, 0.3) is 0 Å². The normalized spacial score (nSPS) is 20.4. The molecule has 1 aliphatic heterocycles. The molecule has 1 N–H and O–H groups in total. The fourth-order valence-electron chi connectivity index (χ4n) is 3.15. The van der Waals surface area contributed by atoms with Crippen molar-refractivity contribution in [1.29, 1.82) is 0 Å². The van der Waals surface area contributed by atoms with Crippen LogP contribution in [0.5, 0.6) is 0 Å². The lowest BCUT2D eigenvalue weighted by molar-refractivity contribution is 0.188. The van der Waals surface area contributed by atoms with Crippen molar-refractivity contribution in [3.05, 3.63) is 29.8 Å². The topological polar surface area (TPSA) is 24.5 Å². The molecule has 0 spiro atoms. The molecule has 0 saturated carbocycles. The van der Waals surface area contributed by atoms with E-state index < -0.39 is 0 Å². The number of fused-ring (bicyclic) bond motifs is 1. The van der Waals surface area contributed by atoms with Crippen LogP contribution in [0.2, 0.25) is 0 Å². The van der Waals surface area contributed by atoms with Crippen molar-refractivity contribution in [2.75, 3.05) is 31.7 Å². The van der Waals surface area contributed by atoms with E-state index in [0.29, 0.717) is 12.1 Å². The van der Waals surface area contributed by atoms with E-state index in [9.17, 15) is 0 Å². The molecular formula is C17H28N2O. The molecule has 0 aromatic heterocycles. The van der Waals surface area contributed by atoms with E-state index in [0.717, 1.165) is 26.1 Å². The Balaban J connectivity index is 2.23. The molecule has 0 fully saturated rings. The highest BCUT2D eigenvalue weighted by molar-refractivity contribution is 5.56. The Kier molecular flexibility index (Phi) is 5.86. The third kappa shape index (κ3) is 3.53. The lowest BCUT2D eigenvalue weighted by Crippen LogP contribution is -2.34. The fraction of sp³-hybridized carbons (Fsp3) is 0.647. The van der Waals surface area contributed by atoms with Gasteiger partial charge in [-0.05, 0) is 44.4 Å². The summed E-state index contributed by atoms with van der Waals surface area (Å²) >= 11 is 0. The smallest absolute Gasteiger partial charge is 0.0481 e. The van der Waals surface area contributed by atoms with E-state index in [1.807, 2.05) is 0 Å². The molecule has 0 amide bonds. The number of nitrogens with one attached hydrogen (secondary N) is 1. The van der Waals surface area contributed by atoms with Gasteiger partial charge in [-0.15, -0.1) is 0 Å². The molecule has 2 atom stereocenters. The summed E-state index contributed by atoms with van der Waals surface area (Å²) in [6.45, 7) is 7.49. The van der Waals surface area contributed by atoms with Crippen molar-refractivity contribution < 1.29 is 4.74 Å². The number of nitrogens with zero attached hydrogens (tertiary/aromatic N) is 1. The maximum absolute atomic E-state index is 5.24. The molecule has 112 valence electrons. The first-order valence-corrected chi connectivity index (χ1v) is 7.85. The van der Waals surface area contributed by atoms with E-state index in [1.54, 1.807) is 7.11 Å². The van der Waals surface area contributed by atoms with Gasteiger partial charge < -0.3 is 15.0 Å². The molecule has 2 rings (SSSR count). The summed E-state index contributed by atoms with van der Waals surface area (Å²) in [6.07, 6.45) is 3.54. The minimum absolute atomic E-state index is 0.496. The molecule has 1 aliphatic rings. The lowest BCUT2D eigenvalue weighted by atomic mass is 10.0. The second-order valence-corrected chi connectivity index (χ2v) is 5.64. The maximum atomic E-state index is 5.24. The molecule has 0 bridgehead atoms. The first-order chi connectivity index (χ1) is 9.77. The van der Waals surface area contributed by atoms with Crippen LogP contribution in [0, 0.1) is 0 Å². The summed E-state index contributed by atoms with van der Waals surface area (Å²) in [5.74, 6) is 0. The first-order valence-electron chi connectivity index (χ1n) is 7.85. The summed E-state index contributed by atoms with van der Waals surface area (Å²) in [5, 5.41) is 3.63. The molecule has 0 saturated heterocycles. The van der Waals surface area contributed by atoms with Gasteiger partial charge in [0.05, 0.1) is 0 Å². The predicted molar refractivity (Wildman–Crippen MR) is 85.4 cm³/mol. The van der Waals surface area contributed by atoms with Gasteiger partial charge in [-0.2, -0.15) is 0 Å². The van der Waals surface area contributed by atoms with Crippen molar-refractivity contribution >= 4 is 5.69 Å². The third-order valence-electron chi connectivity index (χ3n) is 4.24. The fourth-order valence-corrected chi connectivity index (χ4v) is 3.15. The van der Waals surface area contributed by atoms with Gasteiger partial charge in [-0.1, -0.05) is 25.1 Å². The number of benzene rings is 1. The molecular weight excluding hydrogens is 248 g/mol. The van der Waals surface area contributed by atoms with Gasteiger partial charge in [0.1, 0.15) is 0 Å². The molecule has 3 nitrogen and oxygen atoms in total. The molecule has 1 aromatic carbocycles. The number of methoxy groups -OCH3 is 1. The van der Waals surface area contributed by atoms with Crippen molar-refractivity contribution in [1.82, 2.24) is 5.32 Å². The van der Waals surface area contributed by atoms with E-state index in [-0.39, 0.29) is 0 Å². The molecule has 1 heterocycles. The lowest BCUT2D eigenvalue weighted by Gasteiger charge is -2.32. The zero-order chi connectivity index (χ0) is 14.4. The predicted octanol–water partition coefficient (Wildman–Crippen LogP) is 3.36. The van der Waals surface area contributed by atoms with Gasteiger partial charge in [0.2, 0.25) is 0 Å². The van der Waals surface area contributed by atoms with Gasteiger partial charge >= 0.3 is 0 Å². The highest BCUT2D eigenvalue weighted by atomic mass is 16.5. The summed E-state index contributed by atoms with van der Waals surface area (Å²) in [6, 6.07) is 9.89. The first kappa shape index (κ1) is 15.3. The molecule has 0 aliphatic carbocycles. The minimum Gasteiger partial charge on any atom is -0.385 e. The third-order valence-corrected chi connectivity index (χ3v) is 4.24. The number of hydrogen-bond donors (Lipinski definition) is 1. The second kappa shape index (κ2) is 7.65. The average Bonchev–Trinajstić information content (AvgIpc) is 2.65. The van der Waals surface area contributed by atoms with Crippen molar-refractivity contribution in [3.8, 4) is 0 Å². The highest BCUT2D eigenvalue weighted by Gasteiger charge is 2.24. The van der Waals surface area contributed by atoms with Gasteiger partial charge in [0, 0.05) is 38.0 Å². The Morgan fingerprint density at radius 3 is 2.95 bits per heavy atom. The standard InChI is InChI=1S/C17H28N2O/c1-4-18-16-9-7-12-19(14(2)11-13-20-3)17-10-6-5-8-15(16)17/h5-6,8,10,14,16,18H,4,7,9,11-13H2,1-3H3. The van der Waals surface area contributed by atoms with Crippen molar-refractivity contribution in [2.24, 2.45) is 0 Å². The van der Waals surface area contributed by atoms with Gasteiger partial charge in [-0.3, -0.25) is 0 Å². The number of hydrogen-bond acceptors (Lipinski definition) is 3. The summed E-state index contributed by atoms with van der Waals surface area (Å²) in [4.78, 5) is 2.56. The number of anilines is 1. The average molecular weight is 276 g/mol. The highest BCUT2D eigenvalue weighted by Crippen LogP contribution is 2.34. The monoisotopic (exact) mass is 276 g/mol.